The Balaban J connectivity index is 2.32. The standard InChI is InChI=1S/C14H10BrF2NO/c1-8-5-6-11(16)13(12(8)17)18-14(19)9-3-2-4-10(15)7-9/h2-7H,1H3,(H,18,19). The second kappa shape index (κ2) is 5.48. The van der Waals surface area contributed by atoms with Gasteiger partial charge >= 0.3 is 0 Å². The van der Waals surface area contributed by atoms with Crippen LogP contribution in [-0.2, 0) is 0 Å². The summed E-state index contributed by atoms with van der Waals surface area (Å²) >= 11 is 3.23. The largest absolute Gasteiger partial charge is 0.317 e. The van der Waals surface area contributed by atoms with E-state index in [9.17, 15) is 13.6 Å². The molecular weight excluding hydrogens is 316 g/mol. The number of anilines is 1. The number of hydrogen-bond acceptors (Lipinski definition) is 1. The maximum atomic E-state index is 13.8. The molecule has 0 heterocycles. The lowest BCUT2D eigenvalue weighted by Gasteiger charge is -2.09. The van der Waals surface area contributed by atoms with Gasteiger partial charge in [0.15, 0.2) is 5.82 Å². The van der Waals surface area contributed by atoms with Crippen LogP contribution < -0.4 is 5.32 Å². The van der Waals surface area contributed by atoms with Crippen molar-refractivity contribution < 1.29 is 13.6 Å². The first kappa shape index (κ1) is 13.7. The van der Waals surface area contributed by atoms with Gasteiger partial charge in [-0.1, -0.05) is 28.1 Å². The van der Waals surface area contributed by atoms with Crippen molar-refractivity contribution in [3.63, 3.8) is 0 Å². The number of carbonyl (C=O) groups is 1. The van der Waals surface area contributed by atoms with E-state index in [1.807, 2.05) is 0 Å². The van der Waals surface area contributed by atoms with Crippen LogP contribution in [0.1, 0.15) is 15.9 Å². The molecular formula is C14H10BrF2NO. The highest BCUT2D eigenvalue weighted by atomic mass is 79.9. The molecule has 2 aromatic rings. The zero-order valence-electron chi connectivity index (χ0n) is 10.0. The average molecular weight is 326 g/mol. The molecule has 2 aromatic carbocycles. The minimum Gasteiger partial charge on any atom is -0.317 e. The Morgan fingerprint density at radius 3 is 2.63 bits per heavy atom. The van der Waals surface area contributed by atoms with Crippen LogP contribution in [0.5, 0.6) is 0 Å². The van der Waals surface area contributed by atoms with E-state index < -0.39 is 23.2 Å². The van der Waals surface area contributed by atoms with Gasteiger partial charge in [0.2, 0.25) is 0 Å². The van der Waals surface area contributed by atoms with E-state index in [0.29, 0.717) is 10.0 Å². The second-order valence-corrected chi connectivity index (χ2v) is 4.93. The minimum atomic E-state index is -0.800. The molecule has 2 rings (SSSR count). The molecule has 98 valence electrons. The molecule has 0 radical (unpaired) electrons. The van der Waals surface area contributed by atoms with E-state index in [1.165, 1.54) is 13.0 Å². The third-order valence-electron chi connectivity index (χ3n) is 2.61. The molecule has 0 aliphatic carbocycles. The predicted molar refractivity (Wildman–Crippen MR) is 73.2 cm³/mol. The Labute approximate surface area is 117 Å². The normalized spacial score (nSPS) is 10.3. The van der Waals surface area contributed by atoms with E-state index in [1.54, 1.807) is 24.3 Å². The third-order valence-corrected chi connectivity index (χ3v) is 3.10. The number of benzene rings is 2. The van der Waals surface area contributed by atoms with Gasteiger partial charge < -0.3 is 5.32 Å². The number of halogens is 3. The summed E-state index contributed by atoms with van der Waals surface area (Å²) in [5.74, 6) is -2.13. The number of carbonyl (C=O) groups excluding carboxylic acids is 1. The first-order valence-corrected chi connectivity index (χ1v) is 6.30. The van der Waals surface area contributed by atoms with Crippen molar-refractivity contribution in [1.29, 1.82) is 0 Å². The topological polar surface area (TPSA) is 29.1 Å². The third kappa shape index (κ3) is 2.98. The summed E-state index contributed by atoms with van der Waals surface area (Å²) in [6, 6.07) is 8.99. The maximum Gasteiger partial charge on any atom is 0.255 e. The van der Waals surface area contributed by atoms with Crippen LogP contribution in [0.4, 0.5) is 14.5 Å². The summed E-state index contributed by atoms with van der Waals surface area (Å²) in [5, 5.41) is 2.25. The Hall–Kier alpha value is -1.75. The fraction of sp³-hybridized carbons (Fsp3) is 0.0714. The van der Waals surface area contributed by atoms with Crippen molar-refractivity contribution in [2.45, 2.75) is 6.92 Å². The summed E-state index contributed by atoms with van der Waals surface area (Å²) in [4.78, 5) is 11.9. The van der Waals surface area contributed by atoms with Gasteiger partial charge in [0.1, 0.15) is 11.5 Å². The summed E-state index contributed by atoms with van der Waals surface area (Å²) in [5.41, 5.74) is 0.158. The van der Waals surface area contributed by atoms with Crippen LogP contribution in [0, 0.1) is 18.6 Å². The van der Waals surface area contributed by atoms with Crippen molar-refractivity contribution in [3.8, 4) is 0 Å². The molecule has 0 unspecified atom stereocenters. The van der Waals surface area contributed by atoms with Gasteiger partial charge in [-0.3, -0.25) is 4.79 Å². The number of nitrogens with one attached hydrogen (secondary N) is 1. The quantitative estimate of drug-likeness (QED) is 0.876. The molecule has 0 fully saturated rings. The molecule has 0 saturated carbocycles. The van der Waals surface area contributed by atoms with Crippen LogP contribution in [-0.4, -0.2) is 5.91 Å². The van der Waals surface area contributed by atoms with Crippen molar-refractivity contribution >= 4 is 27.5 Å². The van der Waals surface area contributed by atoms with Gasteiger partial charge in [-0.25, -0.2) is 8.78 Å². The highest BCUT2D eigenvalue weighted by Crippen LogP contribution is 2.22. The lowest BCUT2D eigenvalue weighted by Crippen LogP contribution is -2.14. The van der Waals surface area contributed by atoms with Gasteiger partial charge in [-0.05, 0) is 36.8 Å². The number of hydrogen-bond donors (Lipinski definition) is 1. The molecule has 0 spiro atoms. The molecule has 1 N–H and O–H groups in total. The molecule has 0 aromatic heterocycles. The van der Waals surface area contributed by atoms with Gasteiger partial charge in [-0.2, -0.15) is 0 Å². The summed E-state index contributed by atoms with van der Waals surface area (Å²) < 4.78 is 28.0. The van der Waals surface area contributed by atoms with Crippen molar-refractivity contribution in [3.05, 3.63) is 63.6 Å². The van der Waals surface area contributed by atoms with E-state index in [2.05, 4.69) is 21.2 Å². The summed E-state index contributed by atoms with van der Waals surface area (Å²) in [6.45, 7) is 1.50. The molecule has 19 heavy (non-hydrogen) atoms. The molecule has 0 aliphatic heterocycles. The molecule has 0 aliphatic rings. The zero-order valence-corrected chi connectivity index (χ0v) is 11.6. The second-order valence-electron chi connectivity index (χ2n) is 4.02. The smallest absolute Gasteiger partial charge is 0.255 e. The van der Waals surface area contributed by atoms with Crippen molar-refractivity contribution in [2.75, 3.05) is 5.32 Å². The SMILES string of the molecule is Cc1ccc(F)c(NC(=O)c2cccc(Br)c2)c1F. The number of amides is 1. The summed E-state index contributed by atoms with van der Waals surface area (Å²) in [7, 11) is 0. The average Bonchev–Trinajstić information content (AvgIpc) is 2.39. The molecule has 1 amide bonds. The fourth-order valence-electron chi connectivity index (χ4n) is 1.59. The monoisotopic (exact) mass is 325 g/mol. The van der Waals surface area contributed by atoms with Crippen LogP contribution in [0.3, 0.4) is 0 Å². The van der Waals surface area contributed by atoms with Crippen LogP contribution in [0.25, 0.3) is 0 Å². The predicted octanol–water partition coefficient (Wildman–Crippen LogP) is 4.29. The minimum absolute atomic E-state index is 0.269. The fourth-order valence-corrected chi connectivity index (χ4v) is 1.99. The Morgan fingerprint density at radius 1 is 1.21 bits per heavy atom. The van der Waals surface area contributed by atoms with Crippen molar-refractivity contribution in [1.82, 2.24) is 0 Å². The highest BCUT2D eigenvalue weighted by molar-refractivity contribution is 9.10. The van der Waals surface area contributed by atoms with E-state index in [0.717, 1.165) is 6.07 Å². The molecule has 0 atom stereocenters. The van der Waals surface area contributed by atoms with Gasteiger partial charge in [0.25, 0.3) is 5.91 Å². The van der Waals surface area contributed by atoms with Gasteiger partial charge in [0.05, 0.1) is 0 Å². The molecule has 2 nitrogen and oxygen atoms in total. The number of aryl methyl sites for hydroxylation is 1. The molecule has 0 bridgehead atoms. The maximum absolute atomic E-state index is 13.8. The van der Waals surface area contributed by atoms with Crippen LogP contribution >= 0.6 is 15.9 Å². The Kier molecular flexibility index (Phi) is 3.95. The van der Waals surface area contributed by atoms with E-state index in [-0.39, 0.29) is 5.56 Å². The molecule has 5 heteroatoms. The first-order chi connectivity index (χ1) is 8.99. The summed E-state index contributed by atoms with van der Waals surface area (Å²) in [6.07, 6.45) is 0. The Morgan fingerprint density at radius 2 is 1.95 bits per heavy atom. The van der Waals surface area contributed by atoms with Gasteiger partial charge in [-0.15, -0.1) is 0 Å². The first-order valence-electron chi connectivity index (χ1n) is 5.50. The highest BCUT2D eigenvalue weighted by Gasteiger charge is 2.15. The zero-order chi connectivity index (χ0) is 14.0. The number of rotatable bonds is 2. The van der Waals surface area contributed by atoms with Crippen LogP contribution in [0.15, 0.2) is 40.9 Å². The van der Waals surface area contributed by atoms with Crippen molar-refractivity contribution in [2.24, 2.45) is 0 Å². The van der Waals surface area contributed by atoms with Gasteiger partial charge in [0, 0.05) is 10.0 Å². The lowest BCUT2D eigenvalue weighted by atomic mass is 10.1. The lowest BCUT2D eigenvalue weighted by molar-refractivity contribution is 0.102. The molecule has 0 saturated heterocycles. The van der Waals surface area contributed by atoms with E-state index >= 15 is 0 Å². The Bertz CT molecular complexity index is 643. The van der Waals surface area contributed by atoms with E-state index in [4.69, 9.17) is 0 Å². The van der Waals surface area contributed by atoms with Crippen LogP contribution in [0.2, 0.25) is 0 Å².